The number of nitrogens with one attached hydrogen (secondary N) is 1. The molecule has 1 heterocycles. The summed E-state index contributed by atoms with van der Waals surface area (Å²) in [6, 6.07) is 6.44. The maximum atomic E-state index is 3.57. The van der Waals surface area contributed by atoms with Gasteiger partial charge in [-0.3, -0.25) is 0 Å². The third kappa shape index (κ3) is 4.58. The van der Waals surface area contributed by atoms with Gasteiger partial charge >= 0.3 is 0 Å². The van der Waals surface area contributed by atoms with Gasteiger partial charge in [-0.25, -0.2) is 0 Å². The molecule has 1 nitrogen and oxygen atoms in total. The van der Waals surface area contributed by atoms with Crippen LogP contribution in [0.1, 0.15) is 18.4 Å². The van der Waals surface area contributed by atoms with Gasteiger partial charge in [0.2, 0.25) is 0 Å². The Balaban J connectivity index is 1.75. The molecule has 1 saturated heterocycles. The van der Waals surface area contributed by atoms with Gasteiger partial charge in [-0.05, 0) is 86.4 Å². The van der Waals surface area contributed by atoms with Crippen LogP contribution < -0.4 is 5.32 Å². The first-order chi connectivity index (χ1) is 8.25. The summed E-state index contributed by atoms with van der Waals surface area (Å²) in [6.07, 6.45) is 2.75. The Morgan fingerprint density at radius 1 is 1.18 bits per heavy atom. The van der Waals surface area contributed by atoms with Crippen molar-refractivity contribution in [2.75, 3.05) is 18.1 Å². The number of benzene rings is 1. The molecule has 0 saturated carbocycles. The van der Waals surface area contributed by atoms with E-state index in [1.807, 2.05) is 0 Å². The number of rotatable bonds is 4. The van der Waals surface area contributed by atoms with Gasteiger partial charge in [-0.15, -0.1) is 0 Å². The molecule has 94 valence electrons. The van der Waals surface area contributed by atoms with E-state index in [2.05, 4.69) is 67.1 Å². The monoisotopic (exact) mass is 377 g/mol. The van der Waals surface area contributed by atoms with E-state index >= 15 is 0 Å². The Kier molecular flexibility index (Phi) is 5.87. The third-order valence-electron chi connectivity index (χ3n) is 3.09. The zero-order chi connectivity index (χ0) is 12.1. The molecule has 4 heteroatoms. The Bertz CT molecular complexity index is 364. The summed E-state index contributed by atoms with van der Waals surface area (Å²) in [5.74, 6) is 3.57. The Morgan fingerprint density at radius 2 is 1.94 bits per heavy atom. The van der Waals surface area contributed by atoms with Crippen molar-refractivity contribution in [3.05, 3.63) is 32.7 Å². The van der Waals surface area contributed by atoms with Crippen molar-refractivity contribution < 1.29 is 0 Å². The molecular weight excluding hydrogens is 362 g/mol. The normalized spacial score (nSPS) is 17.3. The minimum absolute atomic E-state index is 0.884. The van der Waals surface area contributed by atoms with Crippen molar-refractivity contribution in [3.63, 3.8) is 0 Å². The van der Waals surface area contributed by atoms with Crippen molar-refractivity contribution in [3.8, 4) is 0 Å². The maximum absolute atomic E-state index is 3.57. The predicted molar refractivity (Wildman–Crippen MR) is 83.6 cm³/mol. The van der Waals surface area contributed by atoms with E-state index in [0.717, 1.165) is 28.0 Å². The highest BCUT2D eigenvalue weighted by Crippen LogP contribution is 2.24. The van der Waals surface area contributed by atoms with E-state index < -0.39 is 0 Å². The topological polar surface area (TPSA) is 12.0 Å². The highest BCUT2D eigenvalue weighted by molar-refractivity contribution is 9.13. The van der Waals surface area contributed by atoms with Gasteiger partial charge < -0.3 is 5.32 Å². The summed E-state index contributed by atoms with van der Waals surface area (Å²) >= 11 is 9.12. The molecule has 1 aromatic rings. The molecule has 0 bridgehead atoms. The molecule has 0 atom stereocenters. The first-order valence-electron chi connectivity index (χ1n) is 5.98. The summed E-state index contributed by atoms with van der Waals surface area (Å²) in [4.78, 5) is 0. The highest BCUT2D eigenvalue weighted by atomic mass is 79.9. The molecule has 0 aromatic heterocycles. The van der Waals surface area contributed by atoms with Crippen LogP contribution in [0.25, 0.3) is 0 Å². The van der Waals surface area contributed by atoms with E-state index in [-0.39, 0.29) is 0 Å². The second-order valence-electron chi connectivity index (χ2n) is 4.44. The summed E-state index contributed by atoms with van der Waals surface area (Å²) in [6.45, 7) is 2.13. The fraction of sp³-hybridized carbons (Fsp3) is 0.538. The lowest BCUT2D eigenvalue weighted by molar-refractivity contribution is 0.447. The Labute approximate surface area is 124 Å². The predicted octanol–water partition coefficient (Wildman–Crippen LogP) is 4.44. The largest absolute Gasteiger partial charge is 0.312 e. The van der Waals surface area contributed by atoms with Crippen molar-refractivity contribution in [1.82, 2.24) is 5.32 Å². The first-order valence-corrected chi connectivity index (χ1v) is 8.72. The highest BCUT2D eigenvalue weighted by Gasteiger charge is 2.12. The second-order valence-corrected chi connectivity index (χ2v) is 7.37. The summed E-state index contributed by atoms with van der Waals surface area (Å²) in [5.41, 5.74) is 1.34. The standard InChI is InChI=1S/C13H17Br2NS/c14-12-2-1-11(7-13(12)15)9-16-8-10-3-5-17-6-4-10/h1-2,7,10,16H,3-6,8-9H2. The van der Waals surface area contributed by atoms with Crippen LogP contribution in [0.15, 0.2) is 27.1 Å². The SMILES string of the molecule is Brc1ccc(CNCC2CCSCC2)cc1Br. The Morgan fingerprint density at radius 3 is 2.65 bits per heavy atom. The van der Waals surface area contributed by atoms with Gasteiger partial charge in [0.15, 0.2) is 0 Å². The van der Waals surface area contributed by atoms with E-state index in [0.29, 0.717) is 0 Å². The third-order valence-corrected chi connectivity index (χ3v) is 6.02. The summed E-state index contributed by atoms with van der Waals surface area (Å²) in [7, 11) is 0. The van der Waals surface area contributed by atoms with Crippen LogP contribution in [0.3, 0.4) is 0 Å². The quantitative estimate of drug-likeness (QED) is 0.830. The molecule has 0 aliphatic carbocycles. The Hall–Kier alpha value is 0.490. The van der Waals surface area contributed by atoms with Gasteiger partial charge in [-0.1, -0.05) is 6.07 Å². The molecule has 1 aliphatic rings. The first kappa shape index (κ1) is 13.9. The van der Waals surface area contributed by atoms with Gasteiger partial charge in [0.1, 0.15) is 0 Å². The van der Waals surface area contributed by atoms with E-state index in [9.17, 15) is 0 Å². The molecule has 1 aliphatic heterocycles. The van der Waals surface area contributed by atoms with Crippen molar-refractivity contribution in [2.45, 2.75) is 19.4 Å². The van der Waals surface area contributed by atoms with Crippen LogP contribution in [-0.2, 0) is 6.54 Å². The molecule has 0 spiro atoms. The van der Waals surface area contributed by atoms with Crippen LogP contribution in [0, 0.1) is 5.92 Å². The lowest BCUT2D eigenvalue weighted by Gasteiger charge is -2.21. The molecule has 0 amide bonds. The van der Waals surface area contributed by atoms with E-state index in [1.54, 1.807) is 0 Å². The average molecular weight is 379 g/mol. The minimum atomic E-state index is 0.884. The van der Waals surface area contributed by atoms with Crippen molar-refractivity contribution in [1.29, 1.82) is 0 Å². The van der Waals surface area contributed by atoms with E-state index in [4.69, 9.17) is 0 Å². The van der Waals surface area contributed by atoms with Crippen molar-refractivity contribution >= 4 is 43.6 Å². The molecule has 1 N–H and O–H groups in total. The lowest BCUT2D eigenvalue weighted by Crippen LogP contribution is -2.25. The maximum Gasteiger partial charge on any atom is 0.0320 e. The molecule has 0 unspecified atom stereocenters. The molecular formula is C13H17Br2NS. The van der Waals surface area contributed by atoms with Crippen LogP contribution >= 0.6 is 43.6 Å². The fourth-order valence-corrected chi connectivity index (χ4v) is 3.90. The number of halogens is 2. The molecule has 0 radical (unpaired) electrons. The lowest BCUT2D eigenvalue weighted by atomic mass is 10.0. The van der Waals surface area contributed by atoms with Gasteiger partial charge in [0, 0.05) is 15.5 Å². The van der Waals surface area contributed by atoms with Crippen LogP contribution in [0.4, 0.5) is 0 Å². The summed E-state index contributed by atoms with van der Waals surface area (Å²) in [5, 5.41) is 3.57. The minimum Gasteiger partial charge on any atom is -0.312 e. The molecule has 17 heavy (non-hydrogen) atoms. The van der Waals surface area contributed by atoms with Crippen LogP contribution in [0.5, 0.6) is 0 Å². The van der Waals surface area contributed by atoms with Crippen LogP contribution in [-0.4, -0.2) is 18.1 Å². The van der Waals surface area contributed by atoms with Gasteiger partial charge in [0.25, 0.3) is 0 Å². The average Bonchev–Trinajstić information content (AvgIpc) is 2.35. The molecule has 1 fully saturated rings. The van der Waals surface area contributed by atoms with E-state index in [1.165, 1.54) is 29.9 Å². The fourth-order valence-electron chi connectivity index (χ4n) is 2.02. The zero-order valence-corrected chi connectivity index (χ0v) is 13.7. The number of hydrogen-bond donors (Lipinski definition) is 1. The van der Waals surface area contributed by atoms with Gasteiger partial charge in [-0.2, -0.15) is 11.8 Å². The van der Waals surface area contributed by atoms with Crippen molar-refractivity contribution in [2.24, 2.45) is 5.92 Å². The zero-order valence-electron chi connectivity index (χ0n) is 9.72. The smallest absolute Gasteiger partial charge is 0.0320 e. The van der Waals surface area contributed by atoms with Gasteiger partial charge in [0.05, 0.1) is 0 Å². The molecule has 2 rings (SSSR count). The van der Waals surface area contributed by atoms with Crippen LogP contribution in [0.2, 0.25) is 0 Å². The number of hydrogen-bond acceptors (Lipinski definition) is 2. The summed E-state index contributed by atoms with van der Waals surface area (Å²) < 4.78 is 2.25. The number of thioether (sulfide) groups is 1. The molecule has 1 aromatic carbocycles. The second kappa shape index (κ2) is 7.17.